The van der Waals surface area contributed by atoms with E-state index in [1.165, 1.54) is 51.4 Å². The van der Waals surface area contributed by atoms with Crippen molar-refractivity contribution in [3.05, 3.63) is 29.3 Å². The van der Waals surface area contributed by atoms with Crippen molar-refractivity contribution in [3.63, 3.8) is 0 Å². The first-order valence-electron chi connectivity index (χ1n) is 11.4. The van der Waals surface area contributed by atoms with Gasteiger partial charge in [-0.3, -0.25) is 0 Å². The van der Waals surface area contributed by atoms with E-state index < -0.39 is 29.0 Å². The van der Waals surface area contributed by atoms with Crippen LogP contribution in [0.1, 0.15) is 84.0 Å². The second-order valence-electron chi connectivity index (χ2n) is 9.17. The number of benzene rings is 1. The Morgan fingerprint density at radius 3 is 1.93 bits per heavy atom. The molecule has 1 aromatic rings. The molecule has 2 saturated carbocycles. The lowest BCUT2D eigenvalue weighted by atomic mass is 9.69. The minimum Gasteiger partial charge on any atom is -0.490 e. The molecule has 1 aromatic carbocycles. The highest BCUT2D eigenvalue weighted by Gasteiger charge is 2.31. The van der Waals surface area contributed by atoms with Crippen LogP contribution >= 0.6 is 0 Å². The second-order valence-corrected chi connectivity index (χ2v) is 9.17. The lowest BCUT2D eigenvalue weighted by molar-refractivity contribution is 0.119. The average molecular weight is 415 g/mol. The van der Waals surface area contributed by atoms with E-state index in [1.54, 1.807) is 0 Å². The normalized spacial score (nSPS) is 27.8. The molecule has 0 N–H and O–H groups in total. The Labute approximate surface area is 172 Å². The van der Waals surface area contributed by atoms with Crippen LogP contribution < -0.4 is 4.74 Å². The third-order valence-corrected chi connectivity index (χ3v) is 7.21. The van der Waals surface area contributed by atoms with E-state index in [0.717, 1.165) is 43.4 Å². The van der Waals surface area contributed by atoms with E-state index in [4.69, 9.17) is 4.74 Å². The Bertz CT molecular complexity index is 647. The zero-order chi connectivity index (χ0) is 20.8. The summed E-state index contributed by atoms with van der Waals surface area (Å²) in [5.74, 6) is -4.24. The van der Waals surface area contributed by atoms with Gasteiger partial charge in [0, 0.05) is 6.07 Å². The predicted octanol–water partition coefficient (Wildman–Crippen LogP) is 7.81. The molecule has 0 saturated heterocycles. The largest absolute Gasteiger partial charge is 0.490 e. The van der Waals surface area contributed by atoms with Crippen LogP contribution in [0, 0.1) is 46.9 Å². The molecule has 0 unspecified atom stereocenters. The summed E-state index contributed by atoms with van der Waals surface area (Å²) in [4.78, 5) is 0. The summed E-state index contributed by atoms with van der Waals surface area (Å²) in [5.41, 5.74) is 0. The lowest BCUT2D eigenvalue weighted by Crippen LogP contribution is -2.27. The Balaban J connectivity index is 1.39. The van der Waals surface area contributed by atoms with Crippen molar-refractivity contribution < 1.29 is 22.3 Å². The Morgan fingerprint density at radius 2 is 1.34 bits per heavy atom. The maximum Gasteiger partial charge on any atom is 0.203 e. The van der Waals surface area contributed by atoms with Crippen LogP contribution in [-0.4, -0.2) is 6.61 Å². The summed E-state index contributed by atoms with van der Waals surface area (Å²) in [5, 5.41) is 0. The van der Waals surface area contributed by atoms with Gasteiger partial charge in [-0.2, -0.15) is 4.39 Å². The molecule has 5 heteroatoms. The van der Waals surface area contributed by atoms with Gasteiger partial charge in [-0.1, -0.05) is 45.4 Å². The van der Waals surface area contributed by atoms with Gasteiger partial charge in [0.15, 0.2) is 17.4 Å². The van der Waals surface area contributed by atoms with E-state index in [0.29, 0.717) is 6.07 Å². The van der Waals surface area contributed by atoms with Crippen LogP contribution in [0.5, 0.6) is 5.75 Å². The Kier molecular flexibility index (Phi) is 8.25. The zero-order valence-corrected chi connectivity index (χ0v) is 17.5. The van der Waals surface area contributed by atoms with E-state index in [9.17, 15) is 17.6 Å². The Hall–Kier alpha value is -1.26. The van der Waals surface area contributed by atoms with Gasteiger partial charge in [0.2, 0.25) is 11.6 Å². The van der Waals surface area contributed by atoms with Crippen LogP contribution in [0.4, 0.5) is 17.6 Å². The standard InChI is InChI=1S/C24H34F4O/c1-2-3-4-5-16-6-10-18(11-7-16)19-12-8-17(9-13-19)15-29-21-14-20(25)22(26)24(28)23(21)27/h14,16-19H,2-13,15H2,1H3/t16-,17?,18-,19?. The van der Waals surface area contributed by atoms with Gasteiger partial charge in [0.25, 0.3) is 0 Å². The maximum atomic E-state index is 13.7. The first kappa shape index (κ1) is 22.4. The summed E-state index contributed by atoms with van der Waals surface area (Å²) in [6.45, 7) is 2.48. The van der Waals surface area contributed by atoms with Gasteiger partial charge in [-0.25, -0.2) is 13.2 Å². The van der Waals surface area contributed by atoms with Crippen molar-refractivity contribution >= 4 is 0 Å². The van der Waals surface area contributed by atoms with Gasteiger partial charge >= 0.3 is 0 Å². The van der Waals surface area contributed by atoms with Crippen LogP contribution in [0.25, 0.3) is 0 Å². The summed E-state index contributed by atoms with van der Waals surface area (Å²) in [6, 6.07) is 0.596. The molecule has 0 aromatic heterocycles. The monoisotopic (exact) mass is 414 g/mol. The van der Waals surface area contributed by atoms with Crippen LogP contribution in [-0.2, 0) is 0 Å². The fraction of sp³-hybridized carbons (Fsp3) is 0.750. The molecule has 0 aliphatic heterocycles. The number of hydrogen-bond acceptors (Lipinski definition) is 1. The number of rotatable bonds is 8. The highest BCUT2D eigenvalue weighted by molar-refractivity contribution is 5.27. The fourth-order valence-corrected chi connectivity index (χ4v) is 5.32. The summed E-state index contributed by atoms with van der Waals surface area (Å²) >= 11 is 0. The maximum absolute atomic E-state index is 13.7. The molecule has 0 bridgehead atoms. The van der Waals surface area contributed by atoms with Gasteiger partial charge in [0.05, 0.1) is 6.61 Å². The van der Waals surface area contributed by atoms with Crippen molar-refractivity contribution in [2.45, 2.75) is 84.0 Å². The third-order valence-electron chi connectivity index (χ3n) is 7.21. The molecule has 0 spiro atoms. The molecule has 0 amide bonds. The lowest BCUT2D eigenvalue weighted by Gasteiger charge is -2.38. The molecular formula is C24H34F4O. The van der Waals surface area contributed by atoms with Crippen molar-refractivity contribution in [3.8, 4) is 5.75 Å². The minimum atomic E-state index is -1.81. The molecule has 164 valence electrons. The number of unbranched alkanes of at least 4 members (excludes halogenated alkanes) is 2. The number of ether oxygens (including phenoxy) is 1. The predicted molar refractivity (Wildman–Crippen MR) is 107 cm³/mol. The molecule has 29 heavy (non-hydrogen) atoms. The Morgan fingerprint density at radius 1 is 0.759 bits per heavy atom. The highest BCUT2D eigenvalue weighted by Crippen LogP contribution is 2.42. The average Bonchev–Trinajstić information content (AvgIpc) is 2.75. The second kappa shape index (κ2) is 10.7. The van der Waals surface area contributed by atoms with Gasteiger partial charge in [-0.15, -0.1) is 0 Å². The molecule has 0 heterocycles. The summed E-state index contributed by atoms with van der Waals surface area (Å²) < 4.78 is 58.7. The molecule has 2 aliphatic rings. The van der Waals surface area contributed by atoms with Crippen molar-refractivity contribution in [2.24, 2.45) is 23.7 Å². The van der Waals surface area contributed by atoms with E-state index >= 15 is 0 Å². The van der Waals surface area contributed by atoms with Gasteiger partial charge in [0.1, 0.15) is 0 Å². The summed E-state index contributed by atoms with van der Waals surface area (Å²) in [6.07, 6.45) is 15.1. The topological polar surface area (TPSA) is 9.23 Å². The molecule has 3 rings (SSSR count). The van der Waals surface area contributed by atoms with E-state index in [-0.39, 0.29) is 12.5 Å². The highest BCUT2D eigenvalue weighted by atomic mass is 19.2. The van der Waals surface area contributed by atoms with Crippen molar-refractivity contribution in [1.29, 1.82) is 0 Å². The SMILES string of the molecule is CCCCC[C@H]1CC[C@H](C2CCC(COc3cc(F)c(F)c(F)c3F)CC2)CC1. The number of hydrogen-bond donors (Lipinski definition) is 0. The molecular weight excluding hydrogens is 380 g/mol. The zero-order valence-electron chi connectivity index (χ0n) is 17.5. The fourth-order valence-electron chi connectivity index (χ4n) is 5.32. The molecule has 2 aliphatic carbocycles. The van der Waals surface area contributed by atoms with Gasteiger partial charge < -0.3 is 4.74 Å². The van der Waals surface area contributed by atoms with E-state index in [1.807, 2.05) is 0 Å². The van der Waals surface area contributed by atoms with E-state index in [2.05, 4.69) is 6.92 Å². The molecule has 0 atom stereocenters. The van der Waals surface area contributed by atoms with Crippen LogP contribution in [0.3, 0.4) is 0 Å². The third kappa shape index (κ3) is 5.88. The quantitative estimate of drug-likeness (QED) is 0.182. The van der Waals surface area contributed by atoms with Crippen molar-refractivity contribution in [2.75, 3.05) is 6.61 Å². The smallest absolute Gasteiger partial charge is 0.203 e. The molecule has 0 radical (unpaired) electrons. The molecule has 2 fully saturated rings. The van der Waals surface area contributed by atoms with Crippen LogP contribution in [0.2, 0.25) is 0 Å². The minimum absolute atomic E-state index is 0.221. The van der Waals surface area contributed by atoms with Gasteiger partial charge in [-0.05, 0) is 62.2 Å². The first-order valence-corrected chi connectivity index (χ1v) is 11.4. The molecule has 1 nitrogen and oxygen atoms in total. The van der Waals surface area contributed by atoms with Crippen molar-refractivity contribution in [1.82, 2.24) is 0 Å². The first-order chi connectivity index (χ1) is 14.0. The summed E-state index contributed by atoms with van der Waals surface area (Å²) in [7, 11) is 0. The number of halogens is 4. The van der Waals surface area contributed by atoms with Crippen LogP contribution in [0.15, 0.2) is 6.07 Å².